The van der Waals surface area contributed by atoms with E-state index in [1.807, 2.05) is 0 Å². The number of imidazole rings is 1. The van der Waals surface area contributed by atoms with Crippen molar-refractivity contribution in [2.45, 2.75) is 0 Å². The predicted molar refractivity (Wildman–Crippen MR) is 94.3 cm³/mol. The van der Waals surface area contributed by atoms with Gasteiger partial charge in [0, 0.05) is 6.07 Å². The SMILES string of the molecule is O=[N+]([O-])c1cc([N+](=O)[O-])c(-n2cnc3c([N+](=O)[O-])cc([N+](=O)[O-])cc32)c([N+](=O)[O-])c1. The lowest BCUT2D eigenvalue weighted by Crippen LogP contribution is -2.06. The fourth-order valence-electron chi connectivity index (χ4n) is 2.73. The molecule has 0 aliphatic rings. The van der Waals surface area contributed by atoms with Crippen LogP contribution in [0.4, 0.5) is 28.4 Å². The zero-order chi connectivity index (χ0) is 22.3. The maximum absolute atomic E-state index is 11.5. The summed E-state index contributed by atoms with van der Waals surface area (Å²) in [5.74, 6) is 0. The van der Waals surface area contributed by atoms with Crippen LogP contribution in [0.3, 0.4) is 0 Å². The third kappa shape index (κ3) is 3.06. The van der Waals surface area contributed by atoms with Crippen molar-refractivity contribution in [3.63, 3.8) is 0 Å². The van der Waals surface area contributed by atoms with Gasteiger partial charge in [0.2, 0.25) is 5.69 Å². The van der Waals surface area contributed by atoms with Crippen molar-refractivity contribution in [2.75, 3.05) is 0 Å². The minimum atomic E-state index is -1.13. The number of nitrogens with zero attached hydrogens (tertiary/aromatic N) is 7. The maximum atomic E-state index is 11.5. The zero-order valence-electron chi connectivity index (χ0n) is 14.1. The molecule has 1 aromatic heterocycles. The average molecular weight is 419 g/mol. The van der Waals surface area contributed by atoms with Crippen molar-refractivity contribution in [1.82, 2.24) is 9.55 Å². The highest BCUT2D eigenvalue weighted by atomic mass is 16.6. The number of non-ortho nitro benzene ring substituents is 3. The highest BCUT2D eigenvalue weighted by Gasteiger charge is 2.34. The van der Waals surface area contributed by atoms with Gasteiger partial charge in [0.15, 0.2) is 5.52 Å². The summed E-state index contributed by atoms with van der Waals surface area (Å²) in [6.07, 6.45) is 0.753. The van der Waals surface area contributed by atoms with Crippen LogP contribution < -0.4 is 0 Å². The molecule has 0 bridgehead atoms. The van der Waals surface area contributed by atoms with E-state index in [9.17, 15) is 50.6 Å². The van der Waals surface area contributed by atoms with Crippen LogP contribution in [0.5, 0.6) is 0 Å². The molecule has 0 N–H and O–H groups in total. The Bertz CT molecular complexity index is 1260. The summed E-state index contributed by atoms with van der Waals surface area (Å²) in [5.41, 5.74) is -6.36. The number of hydrogen-bond donors (Lipinski definition) is 0. The Morgan fingerprint density at radius 2 is 1.07 bits per heavy atom. The minimum absolute atomic E-state index is 0.420. The van der Waals surface area contributed by atoms with Crippen LogP contribution in [0.1, 0.15) is 0 Å². The molecule has 1 heterocycles. The van der Waals surface area contributed by atoms with Gasteiger partial charge in [-0.05, 0) is 0 Å². The number of benzene rings is 2. The zero-order valence-corrected chi connectivity index (χ0v) is 14.1. The fraction of sp³-hybridized carbons (Fsp3) is 0. The molecule has 0 aliphatic heterocycles. The first-order valence-electron chi connectivity index (χ1n) is 7.44. The topological polar surface area (TPSA) is 234 Å². The van der Waals surface area contributed by atoms with Gasteiger partial charge in [-0.3, -0.25) is 55.1 Å². The fourth-order valence-corrected chi connectivity index (χ4v) is 2.73. The molecule has 0 unspecified atom stereocenters. The molecule has 2 aromatic carbocycles. The summed E-state index contributed by atoms with van der Waals surface area (Å²) in [4.78, 5) is 54.7. The van der Waals surface area contributed by atoms with E-state index in [0.29, 0.717) is 22.8 Å². The van der Waals surface area contributed by atoms with E-state index in [-0.39, 0.29) is 0 Å². The number of nitro benzene ring substituents is 5. The standard InChI is InChI=1S/C13H5N7O10/c21-16(22)6-1-8-12(9(2-6)18(25)26)14-5-15(8)13-10(19(27)28)3-7(17(23)24)4-11(13)20(29)30/h1-5H. The molecule has 0 amide bonds. The number of rotatable bonds is 6. The van der Waals surface area contributed by atoms with Gasteiger partial charge < -0.3 is 0 Å². The first-order chi connectivity index (χ1) is 14.0. The van der Waals surface area contributed by atoms with Crippen molar-refractivity contribution in [3.8, 4) is 5.69 Å². The smallest absolute Gasteiger partial charge is 0.286 e. The Morgan fingerprint density at radius 1 is 0.633 bits per heavy atom. The van der Waals surface area contributed by atoms with Crippen LogP contribution in [0.15, 0.2) is 30.6 Å². The maximum Gasteiger partial charge on any atom is 0.307 e. The third-order valence-corrected chi connectivity index (χ3v) is 3.92. The molecule has 0 radical (unpaired) electrons. The van der Waals surface area contributed by atoms with Crippen LogP contribution in [-0.2, 0) is 0 Å². The molecule has 17 heteroatoms. The van der Waals surface area contributed by atoms with Gasteiger partial charge in [0.1, 0.15) is 6.33 Å². The summed E-state index contributed by atoms with van der Waals surface area (Å²) < 4.78 is 0.662. The van der Waals surface area contributed by atoms with Crippen LogP contribution in [0, 0.1) is 50.6 Å². The van der Waals surface area contributed by atoms with E-state index in [4.69, 9.17) is 0 Å². The van der Waals surface area contributed by atoms with Crippen molar-refractivity contribution in [3.05, 3.63) is 81.2 Å². The number of fused-ring (bicyclic) bond motifs is 1. The van der Waals surface area contributed by atoms with E-state index in [1.54, 1.807) is 0 Å². The van der Waals surface area contributed by atoms with Gasteiger partial charge in [-0.15, -0.1) is 0 Å². The van der Waals surface area contributed by atoms with Crippen molar-refractivity contribution in [2.24, 2.45) is 0 Å². The van der Waals surface area contributed by atoms with Crippen molar-refractivity contribution in [1.29, 1.82) is 0 Å². The molecule has 0 saturated carbocycles. The van der Waals surface area contributed by atoms with E-state index >= 15 is 0 Å². The molecule has 3 rings (SSSR count). The lowest BCUT2D eigenvalue weighted by atomic mass is 10.2. The largest absolute Gasteiger partial charge is 0.307 e. The monoisotopic (exact) mass is 419 g/mol. The number of hydrogen-bond acceptors (Lipinski definition) is 11. The van der Waals surface area contributed by atoms with E-state index in [1.165, 1.54) is 0 Å². The van der Waals surface area contributed by atoms with Crippen molar-refractivity contribution < 1.29 is 24.6 Å². The highest BCUT2D eigenvalue weighted by molar-refractivity contribution is 5.90. The van der Waals surface area contributed by atoms with Gasteiger partial charge in [0.25, 0.3) is 11.4 Å². The normalized spacial score (nSPS) is 10.7. The van der Waals surface area contributed by atoms with E-state index < -0.39 is 69.8 Å². The molecule has 152 valence electrons. The lowest BCUT2D eigenvalue weighted by molar-refractivity contribution is -0.402. The quantitative estimate of drug-likeness (QED) is 0.415. The van der Waals surface area contributed by atoms with Crippen molar-refractivity contribution >= 4 is 39.5 Å². The molecular formula is C13H5N7O10. The second kappa shape index (κ2) is 6.82. The molecule has 0 atom stereocenters. The Hall–Kier alpha value is -5.09. The molecule has 3 aromatic rings. The summed E-state index contributed by atoms with van der Waals surface area (Å²) in [7, 11) is 0. The predicted octanol–water partition coefficient (Wildman–Crippen LogP) is 2.57. The van der Waals surface area contributed by atoms with Crippen LogP contribution in [-0.4, -0.2) is 34.2 Å². The first kappa shape index (κ1) is 19.7. The Labute approximate surface area is 161 Å². The van der Waals surface area contributed by atoms with Crippen LogP contribution in [0.25, 0.3) is 16.7 Å². The Balaban J connectivity index is 2.50. The van der Waals surface area contributed by atoms with Gasteiger partial charge in [0.05, 0.1) is 48.3 Å². The summed E-state index contributed by atoms with van der Waals surface area (Å²) in [6, 6.07) is 2.31. The third-order valence-electron chi connectivity index (χ3n) is 3.92. The summed E-state index contributed by atoms with van der Waals surface area (Å²) >= 11 is 0. The Kier molecular flexibility index (Phi) is 4.47. The first-order valence-corrected chi connectivity index (χ1v) is 7.44. The van der Waals surface area contributed by atoms with Gasteiger partial charge in [-0.2, -0.15) is 0 Å². The van der Waals surface area contributed by atoms with E-state index in [2.05, 4.69) is 4.98 Å². The lowest BCUT2D eigenvalue weighted by Gasteiger charge is -2.07. The molecular weight excluding hydrogens is 414 g/mol. The van der Waals surface area contributed by atoms with Gasteiger partial charge in [-0.1, -0.05) is 0 Å². The molecule has 17 nitrogen and oxygen atoms in total. The summed E-state index contributed by atoms with van der Waals surface area (Å²) in [6.45, 7) is 0. The molecule has 0 fully saturated rings. The molecule has 0 saturated heterocycles. The van der Waals surface area contributed by atoms with Gasteiger partial charge >= 0.3 is 17.1 Å². The molecule has 0 spiro atoms. The van der Waals surface area contributed by atoms with Crippen LogP contribution >= 0.6 is 0 Å². The Morgan fingerprint density at radius 3 is 1.50 bits per heavy atom. The number of aromatic nitrogens is 2. The highest BCUT2D eigenvalue weighted by Crippen LogP contribution is 2.40. The van der Waals surface area contributed by atoms with Crippen LogP contribution in [0.2, 0.25) is 0 Å². The van der Waals surface area contributed by atoms with Gasteiger partial charge in [-0.25, -0.2) is 4.98 Å². The summed E-state index contributed by atoms with van der Waals surface area (Å²) in [5, 5.41) is 56.3. The second-order valence-corrected chi connectivity index (χ2v) is 5.57. The molecule has 30 heavy (non-hydrogen) atoms. The number of nitro groups is 5. The average Bonchev–Trinajstić information content (AvgIpc) is 3.09. The van der Waals surface area contributed by atoms with E-state index in [0.717, 1.165) is 12.4 Å². The minimum Gasteiger partial charge on any atom is -0.286 e. The second-order valence-electron chi connectivity index (χ2n) is 5.57. The molecule has 0 aliphatic carbocycles.